The molecule has 1 aromatic rings. The highest BCUT2D eigenvalue weighted by atomic mass is 35.6. The quantitative estimate of drug-likeness (QED) is 0.563. The van der Waals surface area contributed by atoms with Gasteiger partial charge in [0.2, 0.25) is 3.79 Å². The Bertz CT molecular complexity index is 566. The SMILES string of the molecule is C=CCC1c2ccccc2C=CN1C(=O)OCC(Cl)(Cl)Cl. The van der Waals surface area contributed by atoms with E-state index in [4.69, 9.17) is 39.5 Å². The Morgan fingerprint density at radius 1 is 1.38 bits per heavy atom. The highest BCUT2D eigenvalue weighted by molar-refractivity contribution is 6.67. The summed E-state index contributed by atoms with van der Waals surface area (Å²) in [4.78, 5) is 13.7. The smallest absolute Gasteiger partial charge is 0.414 e. The molecule has 0 N–H and O–H groups in total. The molecule has 1 aliphatic heterocycles. The maximum absolute atomic E-state index is 12.2. The predicted molar refractivity (Wildman–Crippen MR) is 86.5 cm³/mol. The fourth-order valence-electron chi connectivity index (χ4n) is 2.19. The number of amides is 1. The van der Waals surface area contributed by atoms with Gasteiger partial charge in [0.15, 0.2) is 0 Å². The van der Waals surface area contributed by atoms with Crippen LogP contribution in [0.3, 0.4) is 0 Å². The van der Waals surface area contributed by atoms with E-state index in [-0.39, 0.29) is 12.6 Å². The zero-order valence-corrected chi connectivity index (χ0v) is 13.4. The second-order valence-electron chi connectivity index (χ2n) is 4.56. The maximum Gasteiger partial charge on any atom is 0.414 e. The molecule has 0 saturated carbocycles. The van der Waals surface area contributed by atoms with E-state index in [1.54, 1.807) is 12.3 Å². The number of nitrogens with zero attached hydrogens (tertiary/aromatic N) is 1. The zero-order valence-electron chi connectivity index (χ0n) is 11.1. The molecule has 0 saturated heterocycles. The van der Waals surface area contributed by atoms with Crippen LogP contribution in [-0.4, -0.2) is 21.4 Å². The Morgan fingerprint density at radius 3 is 2.76 bits per heavy atom. The summed E-state index contributed by atoms with van der Waals surface area (Å²) in [5, 5.41) is 0. The van der Waals surface area contributed by atoms with E-state index in [1.807, 2.05) is 30.3 Å². The lowest BCUT2D eigenvalue weighted by atomic mass is 9.94. The standard InChI is InChI=1S/C15H14Cl3NO2/c1-2-5-13-12-7-4-3-6-11(12)8-9-19(13)14(20)21-10-15(16,17)18/h2-4,6-9,13H,1,5,10H2. The third kappa shape index (κ3) is 4.16. The van der Waals surface area contributed by atoms with Gasteiger partial charge in [-0.05, 0) is 23.6 Å². The molecule has 112 valence electrons. The van der Waals surface area contributed by atoms with Crippen LogP contribution in [0.25, 0.3) is 6.08 Å². The number of hydrogen-bond acceptors (Lipinski definition) is 2. The van der Waals surface area contributed by atoms with E-state index in [1.165, 1.54) is 4.90 Å². The minimum Gasteiger partial charge on any atom is -0.445 e. The van der Waals surface area contributed by atoms with Crippen molar-refractivity contribution in [3.63, 3.8) is 0 Å². The molecule has 1 aliphatic rings. The molecule has 0 spiro atoms. The number of alkyl halides is 3. The van der Waals surface area contributed by atoms with Crippen LogP contribution in [0.2, 0.25) is 0 Å². The van der Waals surface area contributed by atoms with Gasteiger partial charge in [-0.2, -0.15) is 0 Å². The summed E-state index contributed by atoms with van der Waals surface area (Å²) >= 11 is 16.8. The van der Waals surface area contributed by atoms with E-state index >= 15 is 0 Å². The summed E-state index contributed by atoms with van der Waals surface area (Å²) in [7, 11) is 0. The average Bonchev–Trinajstić information content (AvgIpc) is 2.44. The number of carbonyl (C=O) groups excluding carboxylic acids is 1. The Balaban J connectivity index is 2.20. The summed E-state index contributed by atoms with van der Waals surface area (Å²) < 4.78 is 3.42. The number of fused-ring (bicyclic) bond motifs is 1. The van der Waals surface area contributed by atoms with Crippen LogP contribution in [-0.2, 0) is 4.74 Å². The molecule has 3 nitrogen and oxygen atoms in total. The number of halogens is 3. The third-order valence-electron chi connectivity index (χ3n) is 3.07. The molecule has 0 radical (unpaired) electrons. The van der Waals surface area contributed by atoms with Crippen LogP contribution < -0.4 is 0 Å². The molecule has 6 heteroatoms. The lowest BCUT2D eigenvalue weighted by Crippen LogP contribution is -2.34. The van der Waals surface area contributed by atoms with Crippen molar-refractivity contribution < 1.29 is 9.53 Å². The molecule has 21 heavy (non-hydrogen) atoms. The van der Waals surface area contributed by atoms with E-state index in [0.29, 0.717) is 6.42 Å². The largest absolute Gasteiger partial charge is 0.445 e. The molecule has 1 unspecified atom stereocenters. The van der Waals surface area contributed by atoms with Crippen molar-refractivity contribution in [2.75, 3.05) is 6.61 Å². The van der Waals surface area contributed by atoms with Crippen molar-refractivity contribution >= 4 is 47.0 Å². The van der Waals surface area contributed by atoms with Gasteiger partial charge in [-0.3, -0.25) is 4.90 Å². The van der Waals surface area contributed by atoms with Gasteiger partial charge in [0.25, 0.3) is 0 Å². The van der Waals surface area contributed by atoms with Gasteiger partial charge in [0.05, 0.1) is 6.04 Å². The summed E-state index contributed by atoms with van der Waals surface area (Å²) in [6.07, 6.45) is 5.34. The topological polar surface area (TPSA) is 29.5 Å². The number of ether oxygens (including phenoxy) is 1. The summed E-state index contributed by atoms with van der Waals surface area (Å²) in [5.74, 6) is 0. The summed E-state index contributed by atoms with van der Waals surface area (Å²) in [5.41, 5.74) is 2.10. The van der Waals surface area contributed by atoms with Crippen molar-refractivity contribution in [2.24, 2.45) is 0 Å². The first-order chi connectivity index (χ1) is 9.92. The van der Waals surface area contributed by atoms with Crippen molar-refractivity contribution in [2.45, 2.75) is 16.3 Å². The van der Waals surface area contributed by atoms with Gasteiger partial charge < -0.3 is 4.74 Å². The number of carbonyl (C=O) groups is 1. The number of hydrogen-bond donors (Lipinski definition) is 0. The molecular formula is C15H14Cl3NO2. The molecule has 1 atom stereocenters. The van der Waals surface area contributed by atoms with Crippen LogP contribution in [0.1, 0.15) is 23.6 Å². The monoisotopic (exact) mass is 345 g/mol. The van der Waals surface area contributed by atoms with Crippen LogP contribution in [0, 0.1) is 0 Å². The molecule has 1 heterocycles. The normalized spacial score (nSPS) is 17.3. The molecule has 0 bridgehead atoms. The molecule has 1 amide bonds. The van der Waals surface area contributed by atoms with Crippen molar-refractivity contribution in [1.29, 1.82) is 0 Å². The predicted octanol–water partition coefficient (Wildman–Crippen LogP) is 5.10. The van der Waals surface area contributed by atoms with Crippen LogP contribution in [0.15, 0.2) is 43.1 Å². The Hall–Kier alpha value is -1.16. The first kappa shape index (κ1) is 16.2. The second kappa shape index (κ2) is 6.73. The lowest BCUT2D eigenvalue weighted by molar-refractivity contribution is 0.106. The highest BCUT2D eigenvalue weighted by Gasteiger charge is 2.30. The van der Waals surface area contributed by atoms with Crippen molar-refractivity contribution in [3.8, 4) is 0 Å². The molecular weight excluding hydrogens is 333 g/mol. The number of rotatable bonds is 3. The molecule has 1 aromatic carbocycles. The maximum atomic E-state index is 12.2. The summed E-state index contributed by atoms with van der Waals surface area (Å²) in [6, 6.07) is 7.67. The van der Waals surface area contributed by atoms with Gasteiger partial charge >= 0.3 is 6.09 Å². The van der Waals surface area contributed by atoms with Gasteiger partial charge in [0, 0.05) is 6.20 Å². The minimum absolute atomic E-state index is 0.174. The Kier molecular flexibility index (Phi) is 5.20. The molecule has 0 aliphatic carbocycles. The van der Waals surface area contributed by atoms with Crippen LogP contribution in [0.4, 0.5) is 4.79 Å². The van der Waals surface area contributed by atoms with E-state index in [0.717, 1.165) is 11.1 Å². The first-order valence-corrected chi connectivity index (χ1v) is 7.45. The molecule has 2 rings (SSSR count). The zero-order chi connectivity index (χ0) is 15.5. The van der Waals surface area contributed by atoms with Crippen LogP contribution in [0.5, 0.6) is 0 Å². The number of benzene rings is 1. The third-order valence-corrected chi connectivity index (χ3v) is 3.39. The molecule has 0 fully saturated rings. The fourth-order valence-corrected chi connectivity index (χ4v) is 2.35. The fraction of sp³-hybridized carbons (Fsp3) is 0.267. The molecule has 0 aromatic heterocycles. The van der Waals surface area contributed by atoms with E-state index in [2.05, 4.69) is 6.58 Å². The average molecular weight is 347 g/mol. The Morgan fingerprint density at radius 2 is 2.10 bits per heavy atom. The van der Waals surface area contributed by atoms with Crippen LogP contribution >= 0.6 is 34.8 Å². The van der Waals surface area contributed by atoms with Crippen molar-refractivity contribution in [3.05, 3.63) is 54.2 Å². The van der Waals surface area contributed by atoms with E-state index in [9.17, 15) is 4.79 Å². The van der Waals surface area contributed by atoms with Gasteiger partial charge in [-0.1, -0.05) is 65.1 Å². The highest BCUT2D eigenvalue weighted by Crippen LogP contribution is 2.34. The minimum atomic E-state index is -1.62. The lowest BCUT2D eigenvalue weighted by Gasteiger charge is -2.32. The van der Waals surface area contributed by atoms with Gasteiger partial charge in [-0.15, -0.1) is 6.58 Å². The van der Waals surface area contributed by atoms with Gasteiger partial charge in [-0.25, -0.2) is 4.79 Å². The first-order valence-electron chi connectivity index (χ1n) is 6.32. The van der Waals surface area contributed by atoms with E-state index < -0.39 is 9.89 Å². The summed E-state index contributed by atoms with van der Waals surface area (Å²) in [6.45, 7) is 3.44. The van der Waals surface area contributed by atoms with Crippen molar-refractivity contribution in [1.82, 2.24) is 4.90 Å². The second-order valence-corrected chi connectivity index (χ2v) is 7.08. The Labute approximate surface area is 138 Å². The van der Waals surface area contributed by atoms with Gasteiger partial charge in [0.1, 0.15) is 6.61 Å².